The number of β-amino-alcohol motifs (C(OH)–C–C–N with tert-alkyl or cyclic N) is 1. The van der Waals surface area contributed by atoms with E-state index < -0.39 is 5.60 Å². The van der Waals surface area contributed by atoms with Gasteiger partial charge in [-0.25, -0.2) is 19.6 Å². The molecule has 4 rings (SSSR count). The first-order chi connectivity index (χ1) is 13.4. The Bertz CT molecular complexity index is 997. The number of likely N-dealkylation sites (N-methyl/N-ethyl adjacent to an activating group) is 1. The molecule has 0 radical (unpaired) electrons. The largest absolute Gasteiger partial charge is 0.381 e. The van der Waals surface area contributed by atoms with Gasteiger partial charge >= 0.3 is 0 Å². The van der Waals surface area contributed by atoms with Crippen LogP contribution in [0, 0.1) is 0 Å². The summed E-state index contributed by atoms with van der Waals surface area (Å²) >= 11 is 0. The van der Waals surface area contributed by atoms with Gasteiger partial charge in [-0.15, -0.1) is 5.10 Å². The van der Waals surface area contributed by atoms with E-state index in [1.54, 1.807) is 34.1 Å². The number of rotatable bonds is 5. The second-order valence-electron chi connectivity index (χ2n) is 7.43. The summed E-state index contributed by atoms with van der Waals surface area (Å²) in [6.45, 7) is 4.76. The Hall–Kier alpha value is -3.08. The van der Waals surface area contributed by atoms with E-state index in [1.165, 1.54) is 6.33 Å². The van der Waals surface area contributed by atoms with E-state index in [-0.39, 0.29) is 25.0 Å². The van der Waals surface area contributed by atoms with Crippen molar-refractivity contribution in [3.63, 3.8) is 0 Å². The van der Waals surface area contributed by atoms with Gasteiger partial charge in [-0.1, -0.05) is 5.21 Å². The summed E-state index contributed by atoms with van der Waals surface area (Å²) in [6.07, 6.45) is 5.15. The van der Waals surface area contributed by atoms with Gasteiger partial charge in [0, 0.05) is 26.1 Å². The first kappa shape index (κ1) is 18.3. The molecule has 0 unspecified atom stereocenters. The molecule has 148 valence electrons. The fraction of sp³-hybridized carbons (Fsp3) is 0.529. The Morgan fingerprint density at radius 2 is 2.21 bits per heavy atom. The maximum Gasteiger partial charge on any atom is 0.242 e. The van der Waals surface area contributed by atoms with E-state index in [0.717, 1.165) is 0 Å². The second kappa shape index (κ2) is 6.82. The minimum atomic E-state index is -1.17. The van der Waals surface area contributed by atoms with Crippen LogP contribution in [0.25, 0.3) is 11.2 Å². The minimum absolute atomic E-state index is 0.0963. The molecule has 1 amide bonds. The van der Waals surface area contributed by atoms with Crippen molar-refractivity contribution in [1.82, 2.24) is 39.8 Å². The van der Waals surface area contributed by atoms with Gasteiger partial charge in [-0.3, -0.25) is 4.79 Å². The summed E-state index contributed by atoms with van der Waals surface area (Å²) in [7, 11) is 1.79. The van der Waals surface area contributed by atoms with Crippen molar-refractivity contribution in [3.05, 3.63) is 24.5 Å². The topological polar surface area (TPSA) is 129 Å². The standard InChI is InChI=1S/C17H23N9O2/c1-11(2)26-6-12(22-23-26)17(28)4-5-25(8-17)13(27)7-24(3)16-14-15(19-9-18-14)20-10-21-16/h6,9-11,28H,4-5,7-8H2,1-3H3,(H,18,19,20,21)/t17-/m0/s1. The normalized spacial score (nSPS) is 19.7. The number of hydrogen-bond acceptors (Lipinski definition) is 8. The number of hydrogen-bond donors (Lipinski definition) is 2. The monoisotopic (exact) mass is 385 g/mol. The molecule has 1 fully saturated rings. The smallest absolute Gasteiger partial charge is 0.242 e. The fourth-order valence-electron chi connectivity index (χ4n) is 3.38. The molecule has 2 N–H and O–H groups in total. The van der Waals surface area contributed by atoms with Crippen LogP contribution in [-0.4, -0.2) is 77.5 Å². The van der Waals surface area contributed by atoms with Crippen molar-refractivity contribution < 1.29 is 9.90 Å². The molecule has 1 saturated heterocycles. The van der Waals surface area contributed by atoms with Gasteiger partial charge in [-0.2, -0.15) is 0 Å². The maximum absolute atomic E-state index is 12.8. The summed E-state index contributed by atoms with van der Waals surface area (Å²) in [5.74, 6) is 0.506. The van der Waals surface area contributed by atoms with Gasteiger partial charge in [0.25, 0.3) is 0 Å². The van der Waals surface area contributed by atoms with Crippen LogP contribution in [0.3, 0.4) is 0 Å². The number of fused-ring (bicyclic) bond motifs is 1. The molecule has 3 aromatic rings. The summed E-state index contributed by atoms with van der Waals surface area (Å²) in [5, 5.41) is 19.2. The highest BCUT2D eigenvalue weighted by atomic mass is 16.3. The van der Waals surface area contributed by atoms with Gasteiger partial charge in [0.05, 0.1) is 25.6 Å². The Morgan fingerprint density at radius 3 is 2.96 bits per heavy atom. The lowest BCUT2D eigenvalue weighted by atomic mass is 10.00. The third kappa shape index (κ3) is 3.17. The number of amides is 1. The second-order valence-corrected chi connectivity index (χ2v) is 7.43. The highest BCUT2D eigenvalue weighted by Gasteiger charge is 2.42. The number of likely N-dealkylation sites (tertiary alicyclic amines) is 1. The molecule has 1 aliphatic rings. The molecule has 0 saturated carbocycles. The van der Waals surface area contributed by atoms with Gasteiger partial charge in [0.2, 0.25) is 5.91 Å². The number of aromatic nitrogens is 7. The Kier molecular flexibility index (Phi) is 4.46. The first-order valence-electron chi connectivity index (χ1n) is 9.15. The summed E-state index contributed by atoms with van der Waals surface area (Å²) < 4.78 is 1.70. The minimum Gasteiger partial charge on any atom is -0.381 e. The predicted octanol–water partition coefficient (Wildman–Crippen LogP) is 0.0816. The lowest BCUT2D eigenvalue weighted by Gasteiger charge is -2.24. The third-order valence-corrected chi connectivity index (χ3v) is 5.05. The van der Waals surface area contributed by atoms with Gasteiger partial charge in [0.1, 0.15) is 23.1 Å². The van der Waals surface area contributed by atoms with Crippen LogP contribution >= 0.6 is 0 Å². The Balaban J connectivity index is 1.45. The molecule has 11 nitrogen and oxygen atoms in total. The molecule has 0 aliphatic carbocycles. The molecule has 28 heavy (non-hydrogen) atoms. The number of carbonyl (C=O) groups is 1. The SMILES string of the molecule is CC(C)n1cc([C@]2(O)CCN(C(=O)CN(C)c3ncnc4nc[nH]c34)C2)nn1. The molecule has 1 aliphatic heterocycles. The van der Waals surface area contributed by atoms with Crippen molar-refractivity contribution in [3.8, 4) is 0 Å². The molecule has 4 heterocycles. The van der Waals surface area contributed by atoms with E-state index in [9.17, 15) is 9.90 Å². The van der Waals surface area contributed by atoms with E-state index in [2.05, 4.69) is 30.2 Å². The lowest BCUT2D eigenvalue weighted by molar-refractivity contribution is -0.129. The van der Waals surface area contributed by atoms with Crippen molar-refractivity contribution >= 4 is 22.9 Å². The molecule has 3 aromatic heterocycles. The zero-order valence-corrected chi connectivity index (χ0v) is 16.1. The van der Waals surface area contributed by atoms with Crippen LogP contribution in [0.4, 0.5) is 5.82 Å². The molecule has 1 atom stereocenters. The number of aromatic amines is 1. The highest BCUT2D eigenvalue weighted by Crippen LogP contribution is 2.31. The molecule has 0 bridgehead atoms. The summed E-state index contributed by atoms with van der Waals surface area (Å²) in [4.78, 5) is 31.6. The molecule has 0 aromatic carbocycles. The number of imidazole rings is 1. The van der Waals surface area contributed by atoms with Gasteiger partial charge in [-0.05, 0) is 13.8 Å². The Labute approximate surface area is 161 Å². The summed E-state index contributed by atoms with van der Waals surface area (Å²) in [5.41, 5.74) is 0.557. The highest BCUT2D eigenvalue weighted by molar-refractivity contribution is 5.87. The summed E-state index contributed by atoms with van der Waals surface area (Å²) in [6, 6.07) is 0.157. The molecular weight excluding hydrogens is 362 g/mol. The zero-order chi connectivity index (χ0) is 19.9. The molecule has 0 spiro atoms. The lowest BCUT2D eigenvalue weighted by Crippen LogP contribution is -2.40. The number of carbonyl (C=O) groups excluding carboxylic acids is 1. The number of nitrogens with one attached hydrogen (secondary N) is 1. The first-order valence-corrected chi connectivity index (χ1v) is 9.15. The van der Waals surface area contributed by atoms with Crippen molar-refractivity contribution in [2.75, 3.05) is 31.6 Å². The maximum atomic E-state index is 12.8. The number of H-pyrrole nitrogens is 1. The van der Waals surface area contributed by atoms with Crippen LogP contribution in [-0.2, 0) is 10.4 Å². The van der Waals surface area contributed by atoms with Crippen LogP contribution in [0.2, 0.25) is 0 Å². The zero-order valence-electron chi connectivity index (χ0n) is 16.1. The average Bonchev–Trinajstić information content (AvgIpc) is 3.40. The van der Waals surface area contributed by atoms with Crippen molar-refractivity contribution in [1.29, 1.82) is 0 Å². The van der Waals surface area contributed by atoms with Crippen LogP contribution in [0.15, 0.2) is 18.9 Å². The van der Waals surface area contributed by atoms with E-state index in [1.807, 2.05) is 13.8 Å². The third-order valence-electron chi connectivity index (χ3n) is 5.05. The quantitative estimate of drug-likeness (QED) is 0.632. The van der Waals surface area contributed by atoms with Crippen molar-refractivity contribution in [2.45, 2.75) is 31.9 Å². The van der Waals surface area contributed by atoms with Gasteiger partial charge < -0.3 is 19.9 Å². The Morgan fingerprint density at radius 1 is 1.39 bits per heavy atom. The van der Waals surface area contributed by atoms with Crippen LogP contribution < -0.4 is 4.90 Å². The average molecular weight is 385 g/mol. The van der Waals surface area contributed by atoms with Gasteiger partial charge in [0.15, 0.2) is 11.5 Å². The van der Waals surface area contributed by atoms with E-state index in [4.69, 9.17) is 0 Å². The number of aliphatic hydroxyl groups is 1. The van der Waals surface area contributed by atoms with Crippen LogP contribution in [0.1, 0.15) is 32.0 Å². The van der Waals surface area contributed by atoms with Crippen molar-refractivity contribution in [2.24, 2.45) is 0 Å². The number of anilines is 1. The molecular formula is C17H23N9O2. The van der Waals surface area contributed by atoms with E-state index in [0.29, 0.717) is 35.6 Å². The number of nitrogens with zero attached hydrogens (tertiary/aromatic N) is 8. The predicted molar refractivity (Wildman–Crippen MR) is 100 cm³/mol. The van der Waals surface area contributed by atoms with Crippen LogP contribution in [0.5, 0.6) is 0 Å². The molecule has 11 heteroatoms. The fourth-order valence-corrected chi connectivity index (χ4v) is 3.38. The van der Waals surface area contributed by atoms with E-state index >= 15 is 0 Å².